The third-order valence-corrected chi connectivity index (χ3v) is 7.30. The van der Waals surface area contributed by atoms with Gasteiger partial charge in [0.1, 0.15) is 6.04 Å². The highest BCUT2D eigenvalue weighted by molar-refractivity contribution is 7.86. The molecule has 41 heavy (non-hydrogen) atoms. The van der Waals surface area contributed by atoms with Crippen LogP contribution in [0.25, 0.3) is 0 Å². The van der Waals surface area contributed by atoms with Crippen molar-refractivity contribution in [2.75, 3.05) is 17.4 Å². The lowest BCUT2D eigenvalue weighted by Gasteiger charge is -2.23. The fourth-order valence-corrected chi connectivity index (χ4v) is 5.20. The number of nitrogens with one attached hydrogen (secondary N) is 2. The number of hydrazone groups is 1. The van der Waals surface area contributed by atoms with Gasteiger partial charge in [-0.1, -0.05) is 17.7 Å². The minimum absolute atomic E-state index is 0.0236. The molecule has 2 amide bonds. The number of anilines is 2. The van der Waals surface area contributed by atoms with E-state index in [0.29, 0.717) is 5.56 Å². The van der Waals surface area contributed by atoms with Crippen LogP contribution in [0.4, 0.5) is 17.2 Å². The number of rotatable bonds is 7. The highest BCUT2D eigenvalue weighted by Gasteiger charge is 2.40. The fraction of sp³-hybridized carbons (Fsp3) is 0.160. The van der Waals surface area contributed by atoms with Gasteiger partial charge in [-0.2, -0.15) is 18.8 Å². The van der Waals surface area contributed by atoms with Gasteiger partial charge in [0.15, 0.2) is 10.7 Å². The molecule has 1 unspecified atom stereocenters. The first-order valence-electron chi connectivity index (χ1n) is 11.7. The van der Waals surface area contributed by atoms with E-state index >= 15 is 0 Å². The molecule has 210 valence electrons. The molecule has 2 heterocycles. The molecule has 1 aliphatic heterocycles. The van der Waals surface area contributed by atoms with Gasteiger partial charge in [-0.05, 0) is 48.9 Å². The van der Waals surface area contributed by atoms with Gasteiger partial charge in [0, 0.05) is 19.7 Å². The highest BCUT2D eigenvalue weighted by atomic mass is 35.5. The molecule has 16 heteroatoms. The summed E-state index contributed by atoms with van der Waals surface area (Å²) in [7, 11) is -3.60. The molecule has 0 aliphatic carbocycles. The summed E-state index contributed by atoms with van der Waals surface area (Å²) in [6, 6.07) is 9.85. The summed E-state index contributed by atoms with van der Waals surface area (Å²) >= 11 is 6.33. The number of benzene rings is 2. The molecule has 0 bridgehead atoms. The Labute approximate surface area is 238 Å². The molecular weight excluding hydrogens is 578 g/mol. The van der Waals surface area contributed by atoms with Crippen molar-refractivity contribution in [1.29, 1.82) is 5.26 Å². The van der Waals surface area contributed by atoms with Crippen molar-refractivity contribution in [2.24, 2.45) is 5.10 Å². The third kappa shape index (κ3) is 5.70. The first-order valence-corrected chi connectivity index (χ1v) is 13.5. The van der Waals surface area contributed by atoms with Crippen LogP contribution in [0.2, 0.25) is 5.02 Å². The Morgan fingerprint density at radius 2 is 2.00 bits per heavy atom. The molecule has 1 aromatic heterocycles. The lowest BCUT2D eigenvalue weighted by atomic mass is 10.0. The van der Waals surface area contributed by atoms with Crippen molar-refractivity contribution in [1.82, 2.24) is 10.3 Å². The molecule has 1 atom stereocenters. The van der Waals surface area contributed by atoms with Gasteiger partial charge in [-0.15, -0.1) is 0 Å². The second kappa shape index (κ2) is 11.3. The molecule has 14 nitrogen and oxygen atoms in total. The van der Waals surface area contributed by atoms with E-state index in [9.17, 15) is 37.9 Å². The zero-order valence-corrected chi connectivity index (χ0v) is 22.9. The quantitative estimate of drug-likeness (QED) is 0.206. The van der Waals surface area contributed by atoms with Gasteiger partial charge >= 0.3 is 10.1 Å². The van der Waals surface area contributed by atoms with Gasteiger partial charge < -0.3 is 10.6 Å². The number of halogens is 1. The Morgan fingerprint density at radius 3 is 2.61 bits per heavy atom. The summed E-state index contributed by atoms with van der Waals surface area (Å²) in [5.41, 5.74) is -0.492. The van der Waals surface area contributed by atoms with Crippen molar-refractivity contribution in [3.63, 3.8) is 0 Å². The minimum atomic E-state index is -4.98. The number of hydrogen-bond donors (Lipinski definition) is 3. The maximum Gasteiger partial charge on any atom is 0.301 e. The number of carbonyl (C=O) groups excluding carboxylic acids is 2. The molecule has 0 saturated heterocycles. The summed E-state index contributed by atoms with van der Waals surface area (Å²) < 4.78 is 33.3. The van der Waals surface area contributed by atoms with Crippen LogP contribution < -0.4 is 15.6 Å². The van der Waals surface area contributed by atoms with E-state index in [1.807, 2.05) is 6.07 Å². The fourth-order valence-electron chi connectivity index (χ4n) is 4.31. The average Bonchev–Trinajstić information content (AvgIpc) is 3.38. The predicted molar refractivity (Wildman–Crippen MR) is 147 cm³/mol. The normalized spacial score (nSPS) is 14.7. The lowest BCUT2D eigenvalue weighted by Crippen LogP contribution is -2.39. The Morgan fingerprint density at radius 1 is 1.27 bits per heavy atom. The van der Waals surface area contributed by atoms with Gasteiger partial charge in [-0.3, -0.25) is 24.3 Å². The van der Waals surface area contributed by atoms with E-state index in [1.165, 1.54) is 49.6 Å². The van der Waals surface area contributed by atoms with Crippen molar-refractivity contribution >= 4 is 56.4 Å². The number of nitrogens with zero attached hydrogens (tertiary/aromatic N) is 5. The van der Waals surface area contributed by atoms with Gasteiger partial charge in [0.05, 0.1) is 44.1 Å². The van der Waals surface area contributed by atoms with E-state index < -0.39 is 43.5 Å². The molecule has 0 fully saturated rings. The first kappa shape index (κ1) is 29.1. The summed E-state index contributed by atoms with van der Waals surface area (Å²) in [6.45, 7) is 1.59. The SMILES string of the molecule is CNC(=O)c1cc(C#N)cc(C)c1NC(=O)C1CC(c2cccc(S(=O)(=O)O)c2[N+](=O)[O-])=NN1c1ncccc1Cl. The molecule has 0 saturated carbocycles. The molecular formula is C25H20ClN7O7S. The van der Waals surface area contributed by atoms with Crippen LogP contribution in [-0.2, 0) is 14.9 Å². The van der Waals surface area contributed by atoms with E-state index in [0.717, 1.165) is 11.1 Å². The van der Waals surface area contributed by atoms with Crippen molar-refractivity contribution in [2.45, 2.75) is 24.3 Å². The van der Waals surface area contributed by atoms with Gasteiger partial charge in [0.25, 0.3) is 11.6 Å². The molecule has 4 rings (SSSR count). The minimum Gasteiger partial charge on any atom is -0.355 e. The maximum atomic E-state index is 13.7. The number of aryl methyl sites for hydroxylation is 1. The van der Waals surface area contributed by atoms with Crippen LogP contribution >= 0.6 is 11.6 Å². The van der Waals surface area contributed by atoms with Crippen LogP contribution in [-0.4, -0.2) is 53.5 Å². The largest absolute Gasteiger partial charge is 0.355 e. The van der Waals surface area contributed by atoms with Gasteiger partial charge in [0.2, 0.25) is 5.91 Å². The Bertz CT molecular complexity index is 1790. The average molecular weight is 598 g/mol. The number of hydrogen-bond acceptors (Lipinski definition) is 10. The lowest BCUT2D eigenvalue weighted by molar-refractivity contribution is -0.388. The van der Waals surface area contributed by atoms with Crippen molar-refractivity contribution < 1.29 is 27.5 Å². The number of amides is 2. The second-order valence-electron chi connectivity index (χ2n) is 8.70. The van der Waals surface area contributed by atoms with Crippen LogP contribution in [0.5, 0.6) is 0 Å². The number of para-hydroxylation sites is 1. The van der Waals surface area contributed by atoms with Crippen LogP contribution in [0.3, 0.4) is 0 Å². The zero-order valence-electron chi connectivity index (χ0n) is 21.3. The molecule has 3 aromatic rings. The topological polar surface area (TPSA) is 208 Å². The van der Waals surface area contributed by atoms with Crippen molar-refractivity contribution in [3.8, 4) is 6.07 Å². The van der Waals surface area contributed by atoms with Crippen LogP contribution in [0.15, 0.2) is 58.7 Å². The van der Waals surface area contributed by atoms with E-state index in [1.54, 1.807) is 6.92 Å². The van der Waals surface area contributed by atoms with E-state index in [4.69, 9.17) is 11.6 Å². The molecule has 2 aromatic carbocycles. The van der Waals surface area contributed by atoms with E-state index in [2.05, 4.69) is 20.7 Å². The zero-order chi connectivity index (χ0) is 30.1. The van der Waals surface area contributed by atoms with E-state index in [-0.39, 0.29) is 45.4 Å². The highest BCUT2D eigenvalue weighted by Crippen LogP contribution is 2.36. The summed E-state index contributed by atoms with van der Waals surface area (Å²) in [6.07, 6.45) is 1.11. The Kier molecular flexibility index (Phi) is 8.01. The molecule has 0 radical (unpaired) electrons. The molecule has 3 N–H and O–H groups in total. The summed E-state index contributed by atoms with van der Waals surface area (Å²) in [4.78, 5) is 40.5. The van der Waals surface area contributed by atoms with Gasteiger partial charge in [-0.25, -0.2) is 9.99 Å². The molecule has 1 aliphatic rings. The monoisotopic (exact) mass is 597 g/mol. The molecule has 0 spiro atoms. The summed E-state index contributed by atoms with van der Waals surface area (Å²) in [5.74, 6) is -1.25. The number of nitro groups is 1. The van der Waals surface area contributed by atoms with Crippen LogP contribution in [0, 0.1) is 28.4 Å². The maximum absolute atomic E-state index is 13.7. The number of carbonyl (C=O) groups is 2. The number of aromatic nitrogens is 1. The second-order valence-corrected chi connectivity index (χ2v) is 10.5. The number of nitro benzene ring substituents is 1. The smallest absolute Gasteiger partial charge is 0.301 e. The van der Waals surface area contributed by atoms with Crippen molar-refractivity contribution in [3.05, 3.63) is 86.1 Å². The first-order chi connectivity index (χ1) is 19.4. The van der Waals surface area contributed by atoms with Crippen LogP contribution in [0.1, 0.15) is 33.5 Å². The predicted octanol–water partition coefficient (Wildman–Crippen LogP) is 3.05. The standard InChI is InChI=1S/C25H20ClN7O7S/c1-13-9-14(12-27)10-16(24(34)28-2)21(13)30-25(35)19-11-18(31-32(19)23-17(26)6-4-8-29-23)15-5-3-7-20(41(38,39)40)22(15)33(36)37/h3-10,19H,11H2,1-2H3,(H,28,34)(H,30,35)(H,38,39,40). The number of pyridine rings is 1. The Hall–Kier alpha value is -4.91. The summed E-state index contributed by atoms with van der Waals surface area (Å²) in [5, 5.41) is 32.0. The number of nitriles is 1. The Balaban J connectivity index is 1.83. The third-order valence-electron chi connectivity index (χ3n) is 6.12.